The summed E-state index contributed by atoms with van der Waals surface area (Å²) in [5.41, 5.74) is 0.926. The van der Waals surface area contributed by atoms with E-state index in [0.717, 1.165) is 5.56 Å². The molecule has 0 aliphatic carbocycles. The highest BCUT2D eigenvalue weighted by Gasteiger charge is 2.04. The molecular formula is C10H10N3O. The van der Waals surface area contributed by atoms with Crippen molar-refractivity contribution in [3.63, 3.8) is 0 Å². The van der Waals surface area contributed by atoms with Gasteiger partial charge < -0.3 is 4.74 Å². The average Bonchev–Trinajstić information content (AvgIpc) is 2.68. The first kappa shape index (κ1) is 8.74. The summed E-state index contributed by atoms with van der Waals surface area (Å²) in [6.45, 7) is 2.48. The molecule has 4 nitrogen and oxygen atoms in total. The lowest BCUT2D eigenvalue weighted by molar-refractivity contribution is 0.314. The van der Waals surface area contributed by atoms with Crippen LogP contribution in [0.15, 0.2) is 24.3 Å². The maximum absolute atomic E-state index is 5.17. The van der Waals surface area contributed by atoms with Crippen LogP contribution in [0.5, 0.6) is 6.01 Å². The summed E-state index contributed by atoms with van der Waals surface area (Å²) in [4.78, 5) is 4.16. The Hall–Kier alpha value is -1.84. The molecule has 1 N–H and O–H groups in total. The number of rotatable bonds is 3. The number of aromatic amines is 1. The van der Waals surface area contributed by atoms with Gasteiger partial charge in [0.15, 0.2) is 5.82 Å². The molecule has 4 heteroatoms. The van der Waals surface area contributed by atoms with Crippen LogP contribution < -0.4 is 4.74 Å². The Morgan fingerprint density at radius 1 is 1.57 bits per heavy atom. The van der Waals surface area contributed by atoms with Crippen molar-refractivity contribution in [3.05, 3.63) is 30.3 Å². The van der Waals surface area contributed by atoms with Gasteiger partial charge in [0.05, 0.1) is 6.61 Å². The molecule has 1 aromatic carbocycles. The van der Waals surface area contributed by atoms with E-state index >= 15 is 0 Å². The zero-order valence-corrected chi connectivity index (χ0v) is 7.82. The molecule has 0 aliphatic rings. The monoisotopic (exact) mass is 188 g/mol. The zero-order chi connectivity index (χ0) is 9.80. The molecule has 1 radical (unpaired) electrons. The van der Waals surface area contributed by atoms with Crippen molar-refractivity contribution < 1.29 is 4.74 Å². The van der Waals surface area contributed by atoms with Crippen molar-refractivity contribution in [1.29, 1.82) is 0 Å². The van der Waals surface area contributed by atoms with Crippen LogP contribution in [0.25, 0.3) is 11.4 Å². The molecular weight excluding hydrogens is 178 g/mol. The molecule has 0 atom stereocenters. The van der Waals surface area contributed by atoms with E-state index in [2.05, 4.69) is 21.2 Å². The second-order valence-corrected chi connectivity index (χ2v) is 2.69. The summed E-state index contributed by atoms with van der Waals surface area (Å²) in [6, 6.07) is 10.9. The molecule has 1 heterocycles. The van der Waals surface area contributed by atoms with Crippen LogP contribution in [0.2, 0.25) is 0 Å². The van der Waals surface area contributed by atoms with Gasteiger partial charge in [-0.25, -0.2) is 5.10 Å². The fourth-order valence-electron chi connectivity index (χ4n) is 1.11. The third-order valence-corrected chi connectivity index (χ3v) is 1.71. The molecule has 0 bridgehead atoms. The minimum absolute atomic E-state index is 0.450. The molecule has 0 aliphatic heterocycles. The van der Waals surface area contributed by atoms with Gasteiger partial charge >= 0.3 is 6.01 Å². The van der Waals surface area contributed by atoms with E-state index in [-0.39, 0.29) is 0 Å². The molecule has 14 heavy (non-hydrogen) atoms. The summed E-state index contributed by atoms with van der Waals surface area (Å²) < 4.78 is 5.17. The molecule has 2 aromatic rings. The van der Waals surface area contributed by atoms with E-state index in [4.69, 9.17) is 4.74 Å². The van der Waals surface area contributed by atoms with Crippen LogP contribution in [0.3, 0.4) is 0 Å². The van der Waals surface area contributed by atoms with Crippen LogP contribution in [0.4, 0.5) is 0 Å². The highest BCUT2D eigenvalue weighted by atomic mass is 16.5. The van der Waals surface area contributed by atoms with E-state index in [0.29, 0.717) is 18.4 Å². The second-order valence-electron chi connectivity index (χ2n) is 2.69. The van der Waals surface area contributed by atoms with E-state index in [1.807, 2.05) is 31.2 Å². The fraction of sp³-hybridized carbons (Fsp3) is 0.200. The number of benzene rings is 1. The van der Waals surface area contributed by atoms with E-state index in [1.54, 1.807) is 0 Å². The Morgan fingerprint density at radius 3 is 3.21 bits per heavy atom. The Bertz CT molecular complexity index is 397. The molecule has 2 rings (SSSR count). The molecule has 0 amide bonds. The molecule has 0 saturated heterocycles. The van der Waals surface area contributed by atoms with Gasteiger partial charge in [-0.3, -0.25) is 0 Å². The molecule has 0 unspecified atom stereocenters. The SMILES string of the molecule is CCOc1nc(-c2c[c]ccc2)n[nH]1. The van der Waals surface area contributed by atoms with Gasteiger partial charge in [0.25, 0.3) is 0 Å². The van der Waals surface area contributed by atoms with Gasteiger partial charge in [0, 0.05) is 5.56 Å². The predicted molar refractivity (Wildman–Crippen MR) is 51.8 cm³/mol. The van der Waals surface area contributed by atoms with Gasteiger partial charge in [0.2, 0.25) is 0 Å². The van der Waals surface area contributed by atoms with Crippen LogP contribution in [-0.4, -0.2) is 21.8 Å². The number of nitrogens with one attached hydrogen (secondary N) is 1. The minimum Gasteiger partial charge on any atom is -0.464 e. The van der Waals surface area contributed by atoms with Gasteiger partial charge in [-0.15, -0.1) is 0 Å². The first-order chi connectivity index (χ1) is 6.90. The summed E-state index contributed by atoms with van der Waals surface area (Å²) in [7, 11) is 0. The summed E-state index contributed by atoms with van der Waals surface area (Å²) >= 11 is 0. The highest BCUT2D eigenvalue weighted by molar-refractivity contribution is 5.53. The van der Waals surface area contributed by atoms with Crippen molar-refractivity contribution in [3.8, 4) is 17.4 Å². The lowest BCUT2D eigenvalue weighted by Crippen LogP contribution is -1.92. The molecule has 0 fully saturated rings. The van der Waals surface area contributed by atoms with Crippen molar-refractivity contribution in [1.82, 2.24) is 15.2 Å². The number of hydrogen-bond donors (Lipinski definition) is 1. The van der Waals surface area contributed by atoms with Crippen molar-refractivity contribution in [2.24, 2.45) is 0 Å². The minimum atomic E-state index is 0.450. The molecule has 0 saturated carbocycles. The third-order valence-electron chi connectivity index (χ3n) is 1.71. The fourth-order valence-corrected chi connectivity index (χ4v) is 1.11. The third kappa shape index (κ3) is 1.74. The normalized spacial score (nSPS) is 10.1. The molecule has 71 valence electrons. The Balaban J connectivity index is 2.25. The first-order valence-electron chi connectivity index (χ1n) is 4.42. The topological polar surface area (TPSA) is 50.8 Å². The maximum Gasteiger partial charge on any atom is 0.312 e. The zero-order valence-electron chi connectivity index (χ0n) is 7.82. The first-order valence-corrected chi connectivity index (χ1v) is 4.42. The van der Waals surface area contributed by atoms with Crippen molar-refractivity contribution in [2.45, 2.75) is 6.92 Å². The quantitative estimate of drug-likeness (QED) is 0.797. The van der Waals surface area contributed by atoms with Gasteiger partial charge in [-0.2, -0.15) is 10.1 Å². The Kier molecular flexibility index (Phi) is 2.44. The van der Waals surface area contributed by atoms with Gasteiger partial charge in [-0.05, 0) is 19.1 Å². The summed E-state index contributed by atoms with van der Waals surface area (Å²) in [6.07, 6.45) is 0. The van der Waals surface area contributed by atoms with E-state index in [1.165, 1.54) is 0 Å². The van der Waals surface area contributed by atoms with Crippen molar-refractivity contribution >= 4 is 0 Å². The average molecular weight is 188 g/mol. The van der Waals surface area contributed by atoms with E-state index in [9.17, 15) is 0 Å². The van der Waals surface area contributed by atoms with Gasteiger partial charge in [0.1, 0.15) is 0 Å². The Morgan fingerprint density at radius 2 is 2.50 bits per heavy atom. The number of ether oxygens (including phenoxy) is 1. The van der Waals surface area contributed by atoms with Crippen LogP contribution in [0.1, 0.15) is 6.92 Å². The van der Waals surface area contributed by atoms with Crippen LogP contribution in [-0.2, 0) is 0 Å². The van der Waals surface area contributed by atoms with Crippen LogP contribution in [0, 0.1) is 6.07 Å². The standard InChI is InChI=1S/C10H10N3O/c1-2-14-10-11-9(12-13-10)8-6-4-3-5-7-8/h3-4,6-7H,2H2,1H3,(H,11,12,13). The van der Waals surface area contributed by atoms with E-state index < -0.39 is 0 Å². The highest BCUT2D eigenvalue weighted by Crippen LogP contribution is 2.15. The number of nitrogens with zero attached hydrogens (tertiary/aromatic N) is 2. The lowest BCUT2D eigenvalue weighted by atomic mass is 10.2. The lowest BCUT2D eigenvalue weighted by Gasteiger charge is -1.93. The van der Waals surface area contributed by atoms with Gasteiger partial charge in [-0.1, -0.05) is 18.2 Å². The maximum atomic E-state index is 5.17. The molecule has 1 aromatic heterocycles. The van der Waals surface area contributed by atoms with Crippen LogP contribution >= 0.6 is 0 Å². The smallest absolute Gasteiger partial charge is 0.312 e. The number of aromatic nitrogens is 3. The summed E-state index contributed by atoms with van der Waals surface area (Å²) in [5.74, 6) is 0.630. The van der Waals surface area contributed by atoms with Crippen molar-refractivity contribution in [2.75, 3.05) is 6.61 Å². The molecule has 0 spiro atoms. The number of hydrogen-bond acceptors (Lipinski definition) is 3. The predicted octanol–water partition coefficient (Wildman–Crippen LogP) is 1.67. The second kappa shape index (κ2) is 3.91. The largest absolute Gasteiger partial charge is 0.464 e. The Labute approximate surface area is 81.9 Å². The summed E-state index contributed by atoms with van der Waals surface area (Å²) in [5, 5.41) is 6.73. The number of H-pyrrole nitrogens is 1.